The van der Waals surface area contributed by atoms with Crippen molar-refractivity contribution in [3.63, 3.8) is 0 Å². The minimum Gasteiger partial charge on any atom is -0.0654 e. The number of hydrogen-bond acceptors (Lipinski definition) is 0. The Kier molecular flexibility index (Phi) is 11.1. The van der Waals surface area contributed by atoms with Gasteiger partial charge in [-0.15, -0.1) is 0 Å². The Balaban J connectivity index is 3.02. The summed E-state index contributed by atoms with van der Waals surface area (Å²) in [7, 11) is 0. The summed E-state index contributed by atoms with van der Waals surface area (Å²) in [6, 6.07) is 0. The molecule has 0 bridgehead atoms. The SMILES string of the molecule is CCCCCCC[CH]C(C)CCCC. The molecule has 0 rings (SSSR count). The van der Waals surface area contributed by atoms with E-state index in [0.29, 0.717) is 0 Å². The smallest absolute Gasteiger partial charge is 0.0358 e. The molecule has 0 heterocycles. The van der Waals surface area contributed by atoms with Crippen LogP contribution >= 0.6 is 0 Å². The molecule has 1 unspecified atom stereocenters. The lowest BCUT2D eigenvalue weighted by molar-refractivity contribution is 0.530. The van der Waals surface area contributed by atoms with Crippen LogP contribution in [0.4, 0.5) is 0 Å². The summed E-state index contributed by atoms with van der Waals surface area (Å²) >= 11 is 0. The first-order valence-electron chi connectivity index (χ1n) is 6.64. The van der Waals surface area contributed by atoms with Crippen LogP contribution in [0.3, 0.4) is 0 Å². The van der Waals surface area contributed by atoms with Gasteiger partial charge in [-0.3, -0.25) is 0 Å². The van der Waals surface area contributed by atoms with Gasteiger partial charge in [0.05, 0.1) is 0 Å². The van der Waals surface area contributed by atoms with Crippen LogP contribution in [0, 0.1) is 12.3 Å². The van der Waals surface area contributed by atoms with Crippen LogP contribution in [0.2, 0.25) is 0 Å². The van der Waals surface area contributed by atoms with Gasteiger partial charge < -0.3 is 0 Å². The monoisotopic (exact) mass is 197 g/mol. The van der Waals surface area contributed by atoms with Crippen molar-refractivity contribution in [2.75, 3.05) is 0 Å². The first-order valence-corrected chi connectivity index (χ1v) is 6.64. The highest BCUT2D eigenvalue weighted by Crippen LogP contribution is 2.15. The van der Waals surface area contributed by atoms with Gasteiger partial charge in [0.15, 0.2) is 0 Å². The van der Waals surface area contributed by atoms with Gasteiger partial charge in [0, 0.05) is 0 Å². The molecule has 0 aliphatic heterocycles. The molecule has 85 valence electrons. The van der Waals surface area contributed by atoms with Crippen molar-refractivity contribution >= 4 is 0 Å². The summed E-state index contributed by atoms with van der Waals surface area (Å²) in [5.74, 6) is 0.848. The van der Waals surface area contributed by atoms with E-state index in [1.165, 1.54) is 57.8 Å². The first kappa shape index (κ1) is 14.0. The maximum atomic E-state index is 2.53. The van der Waals surface area contributed by atoms with Crippen molar-refractivity contribution in [1.82, 2.24) is 0 Å². The zero-order chi connectivity index (χ0) is 10.6. The van der Waals surface area contributed by atoms with Gasteiger partial charge >= 0.3 is 0 Å². The Labute approximate surface area is 91.5 Å². The van der Waals surface area contributed by atoms with Gasteiger partial charge in [-0.2, -0.15) is 0 Å². The van der Waals surface area contributed by atoms with Crippen LogP contribution in [0.25, 0.3) is 0 Å². The van der Waals surface area contributed by atoms with E-state index in [-0.39, 0.29) is 0 Å². The molecule has 0 aromatic heterocycles. The molecule has 0 heteroatoms. The molecule has 0 aliphatic rings. The quantitative estimate of drug-likeness (QED) is 0.413. The molecule has 0 amide bonds. The lowest BCUT2D eigenvalue weighted by Crippen LogP contribution is -1.95. The zero-order valence-electron chi connectivity index (χ0n) is 10.5. The molecule has 0 spiro atoms. The second-order valence-corrected chi connectivity index (χ2v) is 4.56. The van der Waals surface area contributed by atoms with Crippen LogP contribution in [-0.4, -0.2) is 0 Å². The summed E-state index contributed by atoms with van der Waals surface area (Å²) in [5, 5.41) is 0. The lowest BCUT2D eigenvalue weighted by Gasteiger charge is -2.09. The van der Waals surface area contributed by atoms with Gasteiger partial charge in [-0.05, 0) is 18.8 Å². The van der Waals surface area contributed by atoms with Gasteiger partial charge in [0.2, 0.25) is 0 Å². The maximum Gasteiger partial charge on any atom is -0.0358 e. The third-order valence-corrected chi connectivity index (χ3v) is 2.89. The average Bonchev–Trinajstić information content (AvgIpc) is 2.20. The molecule has 0 aromatic rings. The average molecular weight is 197 g/mol. The summed E-state index contributed by atoms with van der Waals surface area (Å²) in [4.78, 5) is 0. The van der Waals surface area contributed by atoms with Crippen LogP contribution in [0.15, 0.2) is 0 Å². The van der Waals surface area contributed by atoms with Gasteiger partial charge in [0.1, 0.15) is 0 Å². The van der Waals surface area contributed by atoms with Crippen LogP contribution < -0.4 is 0 Å². The van der Waals surface area contributed by atoms with E-state index in [1.54, 1.807) is 0 Å². The van der Waals surface area contributed by atoms with Crippen molar-refractivity contribution in [2.45, 2.75) is 78.6 Å². The fourth-order valence-electron chi connectivity index (χ4n) is 1.79. The van der Waals surface area contributed by atoms with E-state index in [9.17, 15) is 0 Å². The Morgan fingerprint density at radius 1 is 0.857 bits per heavy atom. The third-order valence-electron chi connectivity index (χ3n) is 2.89. The predicted octanol–water partition coefficient (Wildman–Crippen LogP) is 5.38. The van der Waals surface area contributed by atoms with Gasteiger partial charge in [0.25, 0.3) is 0 Å². The summed E-state index contributed by atoms with van der Waals surface area (Å²) in [6.07, 6.45) is 15.1. The summed E-state index contributed by atoms with van der Waals surface area (Å²) < 4.78 is 0. The first-order chi connectivity index (χ1) is 6.81. The third kappa shape index (κ3) is 10.1. The van der Waals surface area contributed by atoms with Gasteiger partial charge in [-0.1, -0.05) is 72.1 Å². The normalized spacial score (nSPS) is 13.1. The van der Waals surface area contributed by atoms with E-state index < -0.39 is 0 Å². The fraction of sp³-hybridized carbons (Fsp3) is 0.929. The number of hydrogen-bond donors (Lipinski definition) is 0. The molecule has 0 aromatic carbocycles. The van der Waals surface area contributed by atoms with Gasteiger partial charge in [-0.25, -0.2) is 0 Å². The van der Waals surface area contributed by atoms with Crippen LogP contribution in [0.1, 0.15) is 78.6 Å². The minimum atomic E-state index is 0.848. The van der Waals surface area contributed by atoms with Crippen molar-refractivity contribution in [3.05, 3.63) is 6.42 Å². The van der Waals surface area contributed by atoms with E-state index >= 15 is 0 Å². The van der Waals surface area contributed by atoms with Crippen molar-refractivity contribution in [3.8, 4) is 0 Å². The summed E-state index contributed by atoms with van der Waals surface area (Å²) in [6.45, 7) is 6.91. The molecule has 14 heavy (non-hydrogen) atoms. The molecule has 1 atom stereocenters. The predicted molar refractivity (Wildman–Crippen MR) is 66.4 cm³/mol. The largest absolute Gasteiger partial charge is 0.0654 e. The molecule has 0 saturated carbocycles. The second kappa shape index (κ2) is 11.1. The molecular formula is C14H29. The molecule has 0 saturated heterocycles. The molecule has 0 nitrogen and oxygen atoms in total. The highest BCUT2D eigenvalue weighted by Gasteiger charge is 2.00. The Morgan fingerprint density at radius 2 is 1.50 bits per heavy atom. The topological polar surface area (TPSA) is 0 Å². The van der Waals surface area contributed by atoms with Crippen LogP contribution in [0.5, 0.6) is 0 Å². The molecule has 0 aliphatic carbocycles. The lowest BCUT2D eigenvalue weighted by atomic mass is 9.97. The fourth-order valence-corrected chi connectivity index (χ4v) is 1.79. The molecular weight excluding hydrogens is 168 g/mol. The van der Waals surface area contributed by atoms with E-state index in [2.05, 4.69) is 27.2 Å². The Morgan fingerprint density at radius 3 is 2.14 bits per heavy atom. The Bertz CT molecular complexity index is 96.2. The number of rotatable bonds is 10. The Hall–Kier alpha value is 0. The van der Waals surface area contributed by atoms with Crippen LogP contribution in [-0.2, 0) is 0 Å². The van der Waals surface area contributed by atoms with E-state index in [0.717, 1.165) is 5.92 Å². The van der Waals surface area contributed by atoms with E-state index in [4.69, 9.17) is 0 Å². The number of unbranched alkanes of at least 4 members (excludes halogenated alkanes) is 6. The molecule has 0 fully saturated rings. The second-order valence-electron chi connectivity index (χ2n) is 4.56. The highest BCUT2D eigenvalue weighted by atomic mass is 14.1. The minimum absolute atomic E-state index is 0.848. The van der Waals surface area contributed by atoms with Crippen molar-refractivity contribution in [1.29, 1.82) is 0 Å². The maximum absolute atomic E-state index is 2.53. The molecule has 0 N–H and O–H groups in total. The highest BCUT2D eigenvalue weighted by molar-refractivity contribution is 4.72. The van der Waals surface area contributed by atoms with Crippen molar-refractivity contribution in [2.24, 2.45) is 5.92 Å². The molecule has 1 radical (unpaired) electrons. The van der Waals surface area contributed by atoms with Crippen molar-refractivity contribution < 1.29 is 0 Å². The zero-order valence-corrected chi connectivity index (χ0v) is 10.5. The van der Waals surface area contributed by atoms with E-state index in [1.807, 2.05) is 0 Å². The summed E-state index contributed by atoms with van der Waals surface area (Å²) in [5.41, 5.74) is 0. The standard InChI is InChI=1S/C14H29/c1-4-6-8-9-10-11-13-14(3)12-7-5-2/h13-14H,4-12H2,1-3H3.